The Morgan fingerprint density at radius 1 is 1.25 bits per heavy atom. The number of hydrogen-bond acceptors (Lipinski definition) is 3. The zero-order chi connectivity index (χ0) is 17.5. The van der Waals surface area contributed by atoms with Crippen LogP contribution in [0.5, 0.6) is 0 Å². The number of fused-ring (bicyclic) bond motifs is 1. The first-order chi connectivity index (χ1) is 11.3. The average molecular weight is 342 g/mol. The summed E-state index contributed by atoms with van der Waals surface area (Å²) in [7, 11) is 0. The van der Waals surface area contributed by atoms with Crippen LogP contribution in [-0.4, -0.2) is 20.5 Å². The van der Waals surface area contributed by atoms with Crippen LogP contribution >= 0.6 is 11.3 Å². The molecular weight excluding hydrogens is 320 g/mol. The number of carboxylic acids is 1. The molecule has 0 aliphatic rings. The maximum Gasteiger partial charge on any atom is 0.309 e. The number of imidazole rings is 1. The van der Waals surface area contributed by atoms with E-state index in [9.17, 15) is 4.79 Å². The molecule has 0 fully saturated rings. The van der Waals surface area contributed by atoms with Crippen LogP contribution in [0.2, 0.25) is 0 Å². The Kier molecular flexibility index (Phi) is 4.22. The van der Waals surface area contributed by atoms with Crippen LogP contribution in [-0.2, 0) is 23.1 Å². The van der Waals surface area contributed by atoms with Crippen LogP contribution in [0.25, 0.3) is 16.2 Å². The van der Waals surface area contributed by atoms with Gasteiger partial charge < -0.3 is 5.11 Å². The molecule has 0 saturated carbocycles. The zero-order valence-electron chi connectivity index (χ0n) is 14.5. The van der Waals surface area contributed by atoms with Gasteiger partial charge in [-0.05, 0) is 17.4 Å². The molecule has 4 nitrogen and oxygen atoms in total. The first kappa shape index (κ1) is 16.7. The van der Waals surface area contributed by atoms with Crippen LogP contribution < -0.4 is 0 Å². The van der Waals surface area contributed by atoms with Gasteiger partial charge in [0, 0.05) is 16.6 Å². The molecule has 0 saturated heterocycles. The predicted octanol–water partition coefficient (Wildman–Crippen LogP) is 4.55. The lowest BCUT2D eigenvalue weighted by atomic mass is 9.86. The van der Waals surface area contributed by atoms with Crippen molar-refractivity contribution in [2.45, 2.75) is 46.0 Å². The summed E-state index contributed by atoms with van der Waals surface area (Å²) in [6.07, 6.45) is 0.826. The van der Waals surface area contributed by atoms with E-state index in [1.807, 2.05) is 9.78 Å². The van der Waals surface area contributed by atoms with E-state index in [1.54, 1.807) is 0 Å². The van der Waals surface area contributed by atoms with Gasteiger partial charge in [-0.1, -0.05) is 52.0 Å². The van der Waals surface area contributed by atoms with E-state index in [2.05, 4.69) is 52.0 Å². The van der Waals surface area contributed by atoms with Gasteiger partial charge in [-0.2, -0.15) is 0 Å². The van der Waals surface area contributed by atoms with Crippen LogP contribution in [0, 0.1) is 0 Å². The predicted molar refractivity (Wildman–Crippen MR) is 97.9 cm³/mol. The van der Waals surface area contributed by atoms with Crippen molar-refractivity contribution in [3.8, 4) is 11.3 Å². The van der Waals surface area contributed by atoms with Crippen LogP contribution in [0.3, 0.4) is 0 Å². The summed E-state index contributed by atoms with van der Waals surface area (Å²) >= 11 is 1.50. The molecular formula is C19H22N2O2S. The lowest BCUT2D eigenvalue weighted by Gasteiger charge is -2.19. The average Bonchev–Trinajstić information content (AvgIpc) is 3.06. The van der Waals surface area contributed by atoms with E-state index >= 15 is 0 Å². The van der Waals surface area contributed by atoms with Gasteiger partial charge in [0.05, 0.1) is 17.8 Å². The molecule has 24 heavy (non-hydrogen) atoms. The molecule has 2 heterocycles. The molecule has 3 aromatic rings. The molecule has 0 unspecified atom stereocenters. The van der Waals surface area contributed by atoms with Crippen molar-refractivity contribution in [1.82, 2.24) is 9.38 Å². The second-order valence-corrected chi connectivity index (χ2v) is 7.84. The highest BCUT2D eigenvalue weighted by Crippen LogP contribution is 2.31. The standard InChI is InChI=1S/C19H22N2O2S/c1-5-15-17(12-6-8-13(9-7-12)19(2,3)4)20-18-21(15)14(11-24-18)10-16(22)23/h6-9,11H,5,10H2,1-4H3,(H,22,23). The van der Waals surface area contributed by atoms with E-state index in [0.29, 0.717) is 0 Å². The normalized spacial score (nSPS) is 12.0. The Morgan fingerprint density at radius 3 is 2.46 bits per heavy atom. The molecule has 126 valence electrons. The van der Waals surface area contributed by atoms with E-state index in [4.69, 9.17) is 10.1 Å². The first-order valence-electron chi connectivity index (χ1n) is 8.11. The van der Waals surface area contributed by atoms with Crippen molar-refractivity contribution < 1.29 is 9.90 Å². The van der Waals surface area contributed by atoms with Gasteiger partial charge in [0.2, 0.25) is 0 Å². The van der Waals surface area contributed by atoms with Crippen molar-refractivity contribution in [2.24, 2.45) is 0 Å². The fourth-order valence-electron chi connectivity index (χ4n) is 2.94. The highest BCUT2D eigenvalue weighted by atomic mass is 32.1. The molecule has 1 aromatic carbocycles. The van der Waals surface area contributed by atoms with Gasteiger partial charge in [0.15, 0.2) is 4.96 Å². The third-order valence-corrected chi connectivity index (χ3v) is 5.10. The Balaban J connectivity index is 2.09. The fraction of sp³-hybridized carbons (Fsp3) is 0.368. The van der Waals surface area contributed by atoms with Crippen molar-refractivity contribution in [1.29, 1.82) is 0 Å². The van der Waals surface area contributed by atoms with Crippen molar-refractivity contribution in [2.75, 3.05) is 0 Å². The number of hydrogen-bond donors (Lipinski definition) is 1. The molecule has 0 amide bonds. The molecule has 0 spiro atoms. The summed E-state index contributed by atoms with van der Waals surface area (Å²) in [5.74, 6) is -0.818. The zero-order valence-corrected chi connectivity index (χ0v) is 15.3. The SMILES string of the molecule is CCc1c(-c2ccc(C(C)(C)C)cc2)nc2scc(CC(=O)O)n12. The molecule has 5 heteroatoms. The summed E-state index contributed by atoms with van der Waals surface area (Å²) in [4.78, 5) is 16.7. The maximum absolute atomic E-state index is 11.1. The quantitative estimate of drug-likeness (QED) is 0.757. The number of benzene rings is 1. The smallest absolute Gasteiger partial charge is 0.309 e. The lowest BCUT2D eigenvalue weighted by Crippen LogP contribution is -2.10. The second-order valence-electron chi connectivity index (χ2n) is 7.00. The monoisotopic (exact) mass is 342 g/mol. The molecule has 0 aliphatic heterocycles. The number of thiazole rings is 1. The number of aryl methyl sites for hydroxylation is 1. The number of rotatable bonds is 4. The third-order valence-electron chi connectivity index (χ3n) is 4.22. The van der Waals surface area contributed by atoms with Crippen molar-refractivity contribution in [3.63, 3.8) is 0 Å². The van der Waals surface area contributed by atoms with Crippen LogP contribution in [0.1, 0.15) is 44.6 Å². The first-order valence-corrected chi connectivity index (χ1v) is 8.99. The van der Waals surface area contributed by atoms with Gasteiger partial charge >= 0.3 is 5.97 Å². The van der Waals surface area contributed by atoms with Crippen LogP contribution in [0.4, 0.5) is 0 Å². The summed E-state index contributed by atoms with van der Waals surface area (Å²) in [5, 5.41) is 11.0. The Bertz CT molecular complexity index is 883. The highest BCUT2D eigenvalue weighted by Gasteiger charge is 2.19. The fourth-order valence-corrected chi connectivity index (χ4v) is 3.85. The second kappa shape index (κ2) is 6.06. The summed E-state index contributed by atoms with van der Waals surface area (Å²) in [6.45, 7) is 8.68. The largest absolute Gasteiger partial charge is 0.481 e. The van der Waals surface area contributed by atoms with Crippen molar-refractivity contribution in [3.05, 3.63) is 46.6 Å². The molecule has 0 radical (unpaired) electrons. The number of carboxylic acid groups (broad SMARTS) is 1. The summed E-state index contributed by atoms with van der Waals surface area (Å²) in [6, 6.07) is 8.53. The van der Waals surface area contributed by atoms with Crippen molar-refractivity contribution >= 4 is 22.3 Å². The topological polar surface area (TPSA) is 54.6 Å². The molecule has 2 aromatic heterocycles. The molecule has 3 rings (SSSR count). The molecule has 0 atom stereocenters. The number of carbonyl (C=O) groups is 1. The Morgan fingerprint density at radius 2 is 1.92 bits per heavy atom. The number of nitrogens with zero attached hydrogens (tertiary/aromatic N) is 2. The van der Waals surface area contributed by atoms with E-state index in [0.717, 1.165) is 34.0 Å². The number of aromatic nitrogens is 2. The third kappa shape index (κ3) is 2.96. The number of aliphatic carboxylic acids is 1. The minimum absolute atomic E-state index is 0.0196. The molecule has 1 N–H and O–H groups in total. The molecule has 0 bridgehead atoms. The van der Waals surface area contributed by atoms with Gasteiger partial charge in [0.25, 0.3) is 0 Å². The van der Waals surface area contributed by atoms with Gasteiger partial charge in [0.1, 0.15) is 0 Å². The minimum atomic E-state index is -0.818. The van der Waals surface area contributed by atoms with E-state index in [1.165, 1.54) is 16.9 Å². The highest BCUT2D eigenvalue weighted by molar-refractivity contribution is 7.15. The molecule has 0 aliphatic carbocycles. The summed E-state index contributed by atoms with van der Waals surface area (Å²) in [5.41, 5.74) is 5.32. The lowest BCUT2D eigenvalue weighted by molar-refractivity contribution is -0.136. The Labute approximate surface area is 145 Å². The van der Waals surface area contributed by atoms with Gasteiger partial charge in [-0.3, -0.25) is 9.20 Å². The summed E-state index contributed by atoms with van der Waals surface area (Å²) < 4.78 is 2.01. The van der Waals surface area contributed by atoms with Gasteiger partial charge in [-0.15, -0.1) is 11.3 Å². The van der Waals surface area contributed by atoms with E-state index < -0.39 is 5.97 Å². The van der Waals surface area contributed by atoms with E-state index in [-0.39, 0.29) is 11.8 Å². The van der Waals surface area contributed by atoms with Gasteiger partial charge in [-0.25, -0.2) is 4.98 Å². The van der Waals surface area contributed by atoms with Crippen LogP contribution in [0.15, 0.2) is 29.6 Å². The minimum Gasteiger partial charge on any atom is -0.481 e. The Hall–Kier alpha value is -2.14. The maximum atomic E-state index is 11.1.